The summed E-state index contributed by atoms with van der Waals surface area (Å²) in [5, 5.41) is 3.26. The van der Waals surface area contributed by atoms with Crippen LogP contribution in [0.4, 0.5) is 0 Å². The highest BCUT2D eigenvalue weighted by atomic mass is 32.1. The molecule has 2 rings (SSSR count). The molecule has 0 aliphatic carbocycles. The van der Waals surface area contributed by atoms with Gasteiger partial charge < -0.3 is 10.5 Å². The summed E-state index contributed by atoms with van der Waals surface area (Å²) in [5.74, 6) is 0. The van der Waals surface area contributed by atoms with Gasteiger partial charge in [-0.25, -0.2) is 4.98 Å². The van der Waals surface area contributed by atoms with Gasteiger partial charge in [0.1, 0.15) is 0 Å². The molecule has 0 radical (unpaired) electrons. The van der Waals surface area contributed by atoms with Crippen molar-refractivity contribution < 1.29 is 4.74 Å². The summed E-state index contributed by atoms with van der Waals surface area (Å²) in [5.41, 5.74) is 6.80. The first-order valence-corrected chi connectivity index (χ1v) is 6.63. The van der Waals surface area contributed by atoms with Gasteiger partial charge in [-0.2, -0.15) is 0 Å². The molecule has 1 fully saturated rings. The van der Waals surface area contributed by atoms with Crippen LogP contribution in [0.1, 0.15) is 23.7 Å². The Morgan fingerprint density at radius 2 is 2.31 bits per heavy atom. The van der Waals surface area contributed by atoms with E-state index < -0.39 is 0 Å². The second kappa shape index (κ2) is 5.72. The third kappa shape index (κ3) is 3.25. The van der Waals surface area contributed by atoms with Gasteiger partial charge in [0.05, 0.1) is 23.9 Å². The van der Waals surface area contributed by atoms with Crippen molar-refractivity contribution in [1.82, 2.24) is 9.88 Å². The lowest BCUT2D eigenvalue weighted by molar-refractivity contribution is 0.0384. The number of rotatable bonds is 4. The molecule has 0 aromatic carbocycles. The molecular weight excluding hydrogens is 222 g/mol. The Labute approximate surface area is 100 Å². The minimum atomic E-state index is 0.0494. The zero-order valence-electron chi connectivity index (χ0n) is 9.69. The maximum Gasteiger partial charge on any atom is 0.0941 e. The van der Waals surface area contributed by atoms with Crippen molar-refractivity contribution in [3.05, 3.63) is 16.1 Å². The lowest BCUT2D eigenvalue weighted by Gasteiger charge is -2.25. The van der Waals surface area contributed by atoms with E-state index in [-0.39, 0.29) is 6.04 Å². The molecule has 5 heteroatoms. The molecule has 1 saturated heterocycles. The molecule has 1 aromatic heterocycles. The van der Waals surface area contributed by atoms with Crippen LogP contribution < -0.4 is 5.73 Å². The van der Waals surface area contributed by atoms with E-state index in [4.69, 9.17) is 10.5 Å². The second-order valence-electron chi connectivity index (χ2n) is 4.16. The van der Waals surface area contributed by atoms with Gasteiger partial charge in [-0.15, -0.1) is 11.3 Å². The standard InChI is InChI=1S/C11H19N3OS/c1-9(12)10-8-16-11(13-10)2-3-14-4-6-15-7-5-14/h8-9H,2-7,12H2,1H3. The van der Waals surface area contributed by atoms with Gasteiger partial charge in [0.25, 0.3) is 0 Å². The Kier molecular flexibility index (Phi) is 4.29. The van der Waals surface area contributed by atoms with Crippen molar-refractivity contribution in [3.63, 3.8) is 0 Å². The third-order valence-corrected chi connectivity index (χ3v) is 3.71. The highest BCUT2D eigenvalue weighted by Gasteiger charge is 2.11. The fraction of sp³-hybridized carbons (Fsp3) is 0.727. The maximum absolute atomic E-state index is 5.78. The number of morpholine rings is 1. The molecule has 1 aliphatic rings. The monoisotopic (exact) mass is 241 g/mol. The Morgan fingerprint density at radius 1 is 1.56 bits per heavy atom. The molecule has 2 N–H and O–H groups in total. The lowest BCUT2D eigenvalue weighted by atomic mass is 10.3. The zero-order valence-corrected chi connectivity index (χ0v) is 10.5. The zero-order chi connectivity index (χ0) is 11.4. The highest BCUT2D eigenvalue weighted by Crippen LogP contribution is 2.15. The molecule has 0 spiro atoms. The van der Waals surface area contributed by atoms with Crippen molar-refractivity contribution in [2.75, 3.05) is 32.8 Å². The van der Waals surface area contributed by atoms with E-state index in [1.54, 1.807) is 11.3 Å². The van der Waals surface area contributed by atoms with E-state index in [9.17, 15) is 0 Å². The number of hydrogen-bond donors (Lipinski definition) is 1. The summed E-state index contributed by atoms with van der Waals surface area (Å²) in [6.45, 7) is 6.87. The van der Waals surface area contributed by atoms with E-state index >= 15 is 0 Å². The first-order valence-electron chi connectivity index (χ1n) is 5.75. The fourth-order valence-electron chi connectivity index (χ4n) is 1.73. The molecule has 90 valence electrons. The van der Waals surface area contributed by atoms with Gasteiger partial charge in [0.15, 0.2) is 0 Å². The molecule has 0 amide bonds. The summed E-state index contributed by atoms with van der Waals surface area (Å²) in [4.78, 5) is 6.96. The summed E-state index contributed by atoms with van der Waals surface area (Å²) >= 11 is 1.72. The van der Waals surface area contributed by atoms with E-state index in [2.05, 4.69) is 15.3 Å². The van der Waals surface area contributed by atoms with Crippen molar-refractivity contribution in [3.8, 4) is 0 Å². The average molecular weight is 241 g/mol. The van der Waals surface area contributed by atoms with Crippen LogP contribution in [-0.4, -0.2) is 42.7 Å². The normalized spacial score (nSPS) is 19.9. The lowest BCUT2D eigenvalue weighted by Crippen LogP contribution is -2.37. The summed E-state index contributed by atoms with van der Waals surface area (Å²) in [6, 6.07) is 0.0494. The van der Waals surface area contributed by atoms with Crippen LogP contribution in [0.2, 0.25) is 0 Å². The van der Waals surface area contributed by atoms with Crippen LogP contribution in [0.15, 0.2) is 5.38 Å². The first kappa shape index (κ1) is 12.0. The number of aromatic nitrogens is 1. The maximum atomic E-state index is 5.78. The molecule has 4 nitrogen and oxygen atoms in total. The van der Waals surface area contributed by atoms with Gasteiger partial charge in [-0.3, -0.25) is 4.90 Å². The molecule has 1 unspecified atom stereocenters. The Morgan fingerprint density at radius 3 is 2.94 bits per heavy atom. The minimum absolute atomic E-state index is 0.0494. The van der Waals surface area contributed by atoms with Crippen LogP contribution in [0, 0.1) is 0 Å². The van der Waals surface area contributed by atoms with Gasteiger partial charge in [0.2, 0.25) is 0 Å². The van der Waals surface area contributed by atoms with Crippen molar-refractivity contribution >= 4 is 11.3 Å². The van der Waals surface area contributed by atoms with Crippen molar-refractivity contribution in [2.24, 2.45) is 5.73 Å². The van der Waals surface area contributed by atoms with Gasteiger partial charge in [-0.1, -0.05) is 0 Å². The van der Waals surface area contributed by atoms with Crippen LogP contribution in [0.3, 0.4) is 0 Å². The average Bonchev–Trinajstić information content (AvgIpc) is 2.76. The number of hydrogen-bond acceptors (Lipinski definition) is 5. The number of ether oxygens (including phenoxy) is 1. The SMILES string of the molecule is CC(N)c1csc(CCN2CCOCC2)n1. The molecule has 0 saturated carbocycles. The van der Waals surface area contributed by atoms with Crippen molar-refractivity contribution in [1.29, 1.82) is 0 Å². The van der Waals surface area contributed by atoms with Gasteiger partial charge in [0, 0.05) is 37.5 Å². The van der Waals surface area contributed by atoms with Crippen molar-refractivity contribution in [2.45, 2.75) is 19.4 Å². The Balaban J connectivity index is 1.79. The highest BCUT2D eigenvalue weighted by molar-refractivity contribution is 7.09. The fourth-order valence-corrected chi connectivity index (χ4v) is 2.62. The van der Waals surface area contributed by atoms with E-state index in [1.165, 1.54) is 5.01 Å². The van der Waals surface area contributed by atoms with Gasteiger partial charge >= 0.3 is 0 Å². The summed E-state index contributed by atoms with van der Waals surface area (Å²) < 4.78 is 5.32. The number of thiazole rings is 1. The predicted octanol–water partition coefficient (Wildman–Crippen LogP) is 1.04. The summed E-state index contributed by atoms with van der Waals surface area (Å²) in [6.07, 6.45) is 1.03. The largest absolute Gasteiger partial charge is 0.379 e. The minimum Gasteiger partial charge on any atom is -0.379 e. The van der Waals surface area contributed by atoms with Crippen LogP contribution in [-0.2, 0) is 11.2 Å². The number of nitrogens with zero attached hydrogens (tertiary/aromatic N) is 2. The quantitative estimate of drug-likeness (QED) is 0.855. The third-order valence-electron chi connectivity index (χ3n) is 2.78. The Bertz CT molecular complexity index is 321. The first-order chi connectivity index (χ1) is 7.75. The molecule has 2 heterocycles. The smallest absolute Gasteiger partial charge is 0.0941 e. The molecule has 1 atom stereocenters. The van der Waals surface area contributed by atoms with Crippen LogP contribution in [0.25, 0.3) is 0 Å². The van der Waals surface area contributed by atoms with Crippen LogP contribution in [0.5, 0.6) is 0 Å². The molecule has 1 aliphatic heterocycles. The molecule has 16 heavy (non-hydrogen) atoms. The van der Waals surface area contributed by atoms with E-state index in [1.807, 2.05) is 6.92 Å². The Hall–Kier alpha value is -0.490. The molecule has 1 aromatic rings. The van der Waals surface area contributed by atoms with E-state index in [0.717, 1.165) is 45.0 Å². The van der Waals surface area contributed by atoms with Gasteiger partial charge in [-0.05, 0) is 6.92 Å². The molecular formula is C11H19N3OS. The topological polar surface area (TPSA) is 51.4 Å². The summed E-state index contributed by atoms with van der Waals surface area (Å²) in [7, 11) is 0. The predicted molar refractivity (Wildman–Crippen MR) is 65.7 cm³/mol. The second-order valence-corrected chi connectivity index (χ2v) is 5.10. The van der Waals surface area contributed by atoms with Crippen LogP contribution >= 0.6 is 11.3 Å². The van der Waals surface area contributed by atoms with E-state index in [0.29, 0.717) is 0 Å². The molecule has 0 bridgehead atoms. The number of nitrogens with two attached hydrogens (primary N) is 1.